The largest absolute Gasteiger partial charge is 0.494 e. The first-order valence-electron chi connectivity index (χ1n) is 10.7. The van der Waals surface area contributed by atoms with Crippen LogP contribution in [0.2, 0.25) is 0 Å². The van der Waals surface area contributed by atoms with Crippen LogP contribution in [0.1, 0.15) is 31.2 Å². The molecule has 5 nitrogen and oxygen atoms in total. The number of carbonyl (C=O) groups is 1. The summed E-state index contributed by atoms with van der Waals surface area (Å²) < 4.78 is 24.6. The van der Waals surface area contributed by atoms with E-state index in [9.17, 15) is 9.18 Å². The van der Waals surface area contributed by atoms with Crippen LogP contribution in [0, 0.1) is 11.7 Å². The molecule has 1 unspecified atom stereocenters. The molecule has 2 aromatic carbocycles. The van der Waals surface area contributed by atoms with Crippen molar-refractivity contribution >= 4 is 6.09 Å². The number of halogens is 1. The van der Waals surface area contributed by atoms with Gasteiger partial charge in [-0.15, -0.1) is 0 Å². The Morgan fingerprint density at radius 1 is 1.10 bits per heavy atom. The molecular formula is C24H27FN2O3. The lowest BCUT2D eigenvalue weighted by atomic mass is 9.86. The summed E-state index contributed by atoms with van der Waals surface area (Å²) in [4.78, 5) is 15.0. The van der Waals surface area contributed by atoms with Gasteiger partial charge in [-0.25, -0.2) is 9.18 Å². The second-order valence-corrected chi connectivity index (χ2v) is 8.72. The van der Waals surface area contributed by atoms with Crippen LogP contribution in [0.4, 0.5) is 9.18 Å². The lowest BCUT2D eigenvalue weighted by Gasteiger charge is -2.44. The van der Waals surface area contributed by atoms with Crippen LogP contribution in [0.5, 0.6) is 5.75 Å². The maximum atomic E-state index is 13.7. The van der Waals surface area contributed by atoms with Gasteiger partial charge in [-0.2, -0.15) is 0 Å². The standard InChI is InChI=1S/C24H27FN2O3/c1-29-21-14-18(4-7-20(21)25)16-2-5-19(6-3-16)24(10-11-24)26-23(28)30-22-15-27-12-8-17(22)9-13-27/h2-7,14,17,22H,8-13,15H2,1H3,(H,26,28). The highest BCUT2D eigenvalue weighted by atomic mass is 19.1. The summed E-state index contributed by atoms with van der Waals surface area (Å²) in [7, 11) is 1.46. The molecule has 2 bridgehead atoms. The summed E-state index contributed by atoms with van der Waals surface area (Å²) in [6.45, 7) is 3.12. The smallest absolute Gasteiger partial charge is 0.408 e. The van der Waals surface area contributed by atoms with E-state index in [2.05, 4.69) is 10.2 Å². The van der Waals surface area contributed by atoms with Crippen LogP contribution in [-0.4, -0.2) is 43.8 Å². The number of carbonyl (C=O) groups excluding carboxylic acids is 1. The normalized spacial score (nSPS) is 26.1. The maximum Gasteiger partial charge on any atom is 0.408 e. The zero-order valence-corrected chi connectivity index (χ0v) is 17.2. The highest BCUT2D eigenvalue weighted by Crippen LogP contribution is 2.46. The zero-order valence-electron chi connectivity index (χ0n) is 17.2. The second kappa shape index (κ2) is 7.58. The second-order valence-electron chi connectivity index (χ2n) is 8.72. The van der Waals surface area contributed by atoms with Gasteiger partial charge in [0.1, 0.15) is 6.10 Å². The van der Waals surface area contributed by atoms with Crippen LogP contribution in [-0.2, 0) is 10.3 Å². The molecule has 1 aliphatic carbocycles. The number of amides is 1. The Hall–Kier alpha value is -2.60. The molecule has 2 aromatic rings. The molecule has 3 heterocycles. The fourth-order valence-corrected chi connectivity index (χ4v) is 4.84. The highest BCUT2D eigenvalue weighted by molar-refractivity contribution is 5.70. The fourth-order valence-electron chi connectivity index (χ4n) is 4.84. The van der Waals surface area contributed by atoms with Crippen LogP contribution in [0.15, 0.2) is 42.5 Å². The molecule has 0 spiro atoms. The summed E-state index contributed by atoms with van der Waals surface area (Å²) in [6, 6.07) is 12.9. The van der Waals surface area contributed by atoms with E-state index in [1.54, 1.807) is 12.1 Å². The van der Waals surface area contributed by atoms with E-state index in [1.165, 1.54) is 13.2 Å². The number of ether oxygens (including phenoxy) is 2. The minimum atomic E-state index is -0.375. The number of benzene rings is 2. The number of hydrogen-bond donors (Lipinski definition) is 1. The molecule has 0 aromatic heterocycles. The average molecular weight is 410 g/mol. The summed E-state index contributed by atoms with van der Waals surface area (Å²) >= 11 is 0. The van der Waals surface area contributed by atoms with Crippen molar-refractivity contribution in [3.8, 4) is 16.9 Å². The van der Waals surface area contributed by atoms with Crippen molar-refractivity contribution < 1.29 is 18.7 Å². The average Bonchev–Trinajstić information content (AvgIpc) is 3.55. The fraction of sp³-hybridized carbons (Fsp3) is 0.458. The van der Waals surface area contributed by atoms with Crippen molar-refractivity contribution in [2.24, 2.45) is 5.92 Å². The highest BCUT2D eigenvalue weighted by Gasteiger charge is 2.47. The minimum absolute atomic E-state index is 0.0131. The molecule has 0 radical (unpaired) electrons. The summed E-state index contributed by atoms with van der Waals surface area (Å²) in [5.41, 5.74) is 2.61. The SMILES string of the molecule is COc1cc(-c2ccc(C3(NC(=O)OC4CN5CCC4CC5)CC3)cc2)ccc1F. The third-order valence-electron chi connectivity index (χ3n) is 6.87. The zero-order chi connectivity index (χ0) is 20.7. The number of alkyl carbamates (subject to hydrolysis) is 1. The monoisotopic (exact) mass is 410 g/mol. The molecule has 4 aliphatic rings. The first kappa shape index (κ1) is 19.4. The van der Waals surface area contributed by atoms with Gasteiger partial charge in [-0.05, 0) is 73.5 Å². The lowest BCUT2D eigenvalue weighted by Crippen LogP contribution is -2.53. The van der Waals surface area contributed by atoms with E-state index >= 15 is 0 Å². The number of nitrogens with zero attached hydrogens (tertiary/aromatic N) is 1. The minimum Gasteiger partial charge on any atom is -0.494 e. The van der Waals surface area contributed by atoms with Gasteiger partial charge in [-0.3, -0.25) is 4.90 Å². The van der Waals surface area contributed by atoms with E-state index in [1.807, 2.05) is 24.3 Å². The molecule has 1 saturated carbocycles. The van der Waals surface area contributed by atoms with Crippen LogP contribution >= 0.6 is 0 Å². The van der Waals surface area contributed by atoms with E-state index < -0.39 is 0 Å². The molecule has 1 atom stereocenters. The molecule has 158 valence electrons. The maximum absolute atomic E-state index is 13.7. The van der Waals surface area contributed by atoms with Gasteiger partial charge in [0.15, 0.2) is 11.6 Å². The van der Waals surface area contributed by atoms with Gasteiger partial charge in [-0.1, -0.05) is 30.3 Å². The topological polar surface area (TPSA) is 50.8 Å². The summed E-state index contributed by atoms with van der Waals surface area (Å²) in [6.07, 6.45) is 3.77. The Morgan fingerprint density at radius 2 is 1.80 bits per heavy atom. The van der Waals surface area contributed by atoms with Crippen molar-refractivity contribution in [2.45, 2.75) is 37.3 Å². The van der Waals surface area contributed by atoms with E-state index in [-0.39, 0.29) is 29.3 Å². The van der Waals surface area contributed by atoms with Crippen molar-refractivity contribution in [3.05, 3.63) is 53.8 Å². The Kier molecular flexibility index (Phi) is 4.89. The number of rotatable bonds is 5. The Labute approximate surface area is 176 Å². The Morgan fingerprint density at radius 3 is 2.40 bits per heavy atom. The van der Waals surface area contributed by atoms with Crippen molar-refractivity contribution in [1.29, 1.82) is 0 Å². The lowest BCUT2D eigenvalue weighted by molar-refractivity contribution is -0.0342. The number of fused-ring (bicyclic) bond motifs is 3. The molecule has 6 rings (SSSR count). The quantitative estimate of drug-likeness (QED) is 0.798. The summed E-state index contributed by atoms with van der Waals surface area (Å²) in [5.74, 6) is 0.357. The number of nitrogens with one attached hydrogen (secondary N) is 1. The summed E-state index contributed by atoms with van der Waals surface area (Å²) in [5, 5.41) is 3.13. The predicted molar refractivity (Wildman–Crippen MR) is 112 cm³/mol. The van der Waals surface area contributed by atoms with Crippen LogP contribution in [0.25, 0.3) is 11.1 Å². The number of piperidine rings is 3. The van der Waals surface area contributed by atoms with Crippen molar-refractivity contribution in [3.63, 3.8) is 0 Å². The first-order valence-corrected chi connectivity index (χ1v) is 10.7. The molecule has 1 N–H and O–H groups in total. The predicted octanol–water partition coefficient (Wildman–Crippen LogP) is 4.31. The van der Waals surface area contributed by atoms with Gasteiger partial charge in [0.25, 0.3) is 0 Å². The Bertz CT molecular complexity index is 934. The Balaban J connectivity index is 1.25. The van der Waals surface area contributed by atoms with Crippen LogP contribution < -0.4 is 10.1 Å². The van der Waals surface area contributed by atoms with Gasteiger partial charge < -0.3 is 14.8 Å². The molecule has 1 amide bonds. The molecule has 4 fully saturated rings. The third kappa shape index (κ3) is 3.65. The molecular weight excluding hydrogens is 383 g/mol. The van der Waals surface area contributed by atoms with Gasteiger partial charge in [0.2, 0.25) is 0 Å². The van der Waals surface area contributed by atoms with E-state index in [0.29, 0.717) is 5.92 Å². The van der Waals surface area contributed by atoms with Gasteiger partial charge in [0.05, 0.1) is 12.6 Å². The van der Waals surface area contributed by atoms with E-state index in [4.69, 9.17) is 9.47 Å². The molecule has 3 saturated heterocycles. The van der Waals surface area contributed by atoms with Gasteiger partial charge >= 0.3 is 6.09 Å². The van der Waals surface area contributed by atoms with Crippen molar-refractivity contribution in [1.82, 2.24) is 10.2 Å². The molecule has 3 aliphatic heterocycles. The van der Waals surface area contributed by atoms with E-state index in [0.717, 1.165) is 62.0 Å². The molecule has 30 heavy (non-hydrogen) atoms. The third-order valence-corrected chi connectivity index (χ3v) is 6.87. The van der Waals surface area contributed by atoms with Crippen LogP contribution in [0.3, 0.4) is 0 Å². The number of methoxy groups -OCH3 is 1. The van der Waals surface area contributed by atoms with Gasteiger partial charge in [0, 0.05) is 6.54 Å². The molecule has 6 heteroatoms. The number of hydrogen-bond acceptors (Lipinski definition) is 4. The first-order chi connectivity index (χ1) is 14.6. The van der Waals surface area contributed by atoms with Crippen molar-refractivity contribution in [2.75, 3.05) is 26.7 Å².